The maximum Gasteiger partial charge on any atom is 0.0623 e. The summed E-state index contributed by atoms with van der Waals surface area (Å²) in [5.74, 6) is 0.870. The van der Waals surface area contributed by atoms with Crippen molar-refractivity contribution in [2.24, 2.45) is 5.92 Å². The van der Waals surface area contributed by atoms with Crippen molar-refractivity contribution < 1.29 is 5.11 Å². The minimum Gasteiger partial charge on any atom is -0.394 e. The van der Waals surface area contributed by atoms with E-state index < -0.39 is 0 Å². The van der Waals surface area contributed by atoms with Gasteiger partial charge in [-0.15, -0.1) is 0 Å². The van der Waals surface area contributed by atoms with E-state index in [-0.39, 0.29) is 12.1 Å². The lowest BCUT2D eigenvalue weighted by Gasteiger charge is -2.33. The number of rotatable bonds is 6. The lowest BCUT2D eigenvalue weighted by Crippen LogP contribution is -2.53. The first-order valence-electron chi connectivity index (χ1n) is 6.21. The normalized spacial score (nSPS) is 26.8. The summed E-state index contributed by atoms with van der Waals surface area (Å²) in [5, 5.41) is 12.8. The molecule has 0 aromatic carbocycles. The molecule has 0 spiro atoms. The fourth-order valence-corrected chi connectivity index (χ4v) is 2.47. The fourth-order valence-electron chi connectivity index (χ4n) is 2.47. The summed E-state index contributed by atoms with van der Waals surface area (Å²) in [7, 11) is 0. The van der Waals surface area contributed by atoms with E-state index in [0.29, 0.717) is 0 Å². The average Bonchev–Trinajstić information content (AvgIpc) is 2.66. The third-order valence-electron chi connectivity index (χ3n) is 3.47. The molecule has 1 fully saturated rings. The molecular weight excluding hydrogens is 188 g/mol. The number of likely N-dealkylation sites (N-methyl/N-ethyl adjacent to an activating group) is 1. The number of aliphatic hydroxyl groups is 1. The fraction of sp³-hybridized carbons (Fsp3) is 1.00. The van der Waals surface area contributed by atoms with Gasteiger partial charge in [-0.1, -0.05) is 20.3 Å². The largest absolute Gasteiger partial charge is 0.394 e. The number of hydrogen-bond acceptors (Lipinski definition) is 3. The maximum absolute atomic E-state index is 9.41. The first-order valence-corrected chi connectivity index (χ1v) is 6.21. The second-order valence-corrected chi connectivity index (χ2v) is 5.05. The zero-order valence-electron chi connectivity index (χ0n) is 10.4. The molecule has 15 heavy (non-hydrogen) atoms. The summed E-state index contributed by atoms with van der Waals surface area (Å²) < 4.78 is 0. The van der Waals surface area contributed by atoms with Crippen LogP contribution in [0, 0.1) is 5.92 Å². The molecule has 0 bridgehead atoms. The predicted molar refractivity (Wildman–Crippen MR) is 64.0 cm³/mol. The Morgan fingerprint density at radius 1 is 1.47 bits per heavy atom. The van der Waals surface area contributed by atoms with E-state index in [0.717, 1.165) is 19.0 Å². The van der Waals surface area contributed by atoms with Gasteiger partial charge in [0.15, 0.2) is 0 Å². The predicted octanol–water partition coefficient (Wildman–Crippen LogP) is 1.08. The molecule has 2 unspecified atom stereocenters. The molecule has 1 heterocycles. The molecule has 0 amide bonds. The minimum absolute atomic E-state index is 0.128. The summed E-state index contributed by atoms with van der Waals surface area (Å²) >= 11 is 0. The van der Waals surface area contributed by atoms with Crippen LogP contribution in [0.4, 0.5) is 0 Å². The van der Waals surface area contributed by atoms with Crippen molar-refractivity contribution in [3.63, 3.8) is 0 Å². The zero-order chi connectivity index (χ0) is 11.3. The topological polar surface area (TPSA) is 35.5 Å². The van der Waals surface area contributed by atoms with Crippen molar-refractivity contribution in [2.45, 2.75) is 39.2 Å². The molecule has 1 rings (SSSR count). The van der Waals surface area contributed by atoms with Crippen molar-refractivity contribution >= 4 is 0 Å². The van der Waals surface area contributed by atoms with Crippen LogP contribution in [0.25, 0.3) is 0 Å². The molecule has 1 aliphatic heterocycles. The Kier molecular flexibility index (Phi) is 5.03. The van der Waals surface area contributed by atoms with Crippen LogP contribution in [0.15, 0.2) is 0 Å². The van der Waals surface area contributed by atoms with Crippen LogP contribution in [0.1, 0.15) is 33.6 Å². The summed E-state index contributed by atoms with van der Waals surface area (Å²) in [4.78, 5) is 2.48. The van der Waals surface area contributed by atoms with Crippen LogP contribution >= 0.6 is 0 Å². The maximum atomic E-state index is 9.41. The van der Waals surface area contributed by atoms with Crippen molar-refractivity contribution in [2.75, 3.05) is 32.8 Å². The smallest absolute Gasteiger partial charge is 0.0623 e. The Bertz CT molecular complexity index is 186. The van der Waals surface area contributed by atoms with E-state index in [2.05, 4.69) is 31.0 Å². The summed E-state index contributed by atoms with van der Waals surface area (Å²) in [6.07, 6.45) is 2.61. The monoisotopic (exact) mass is 214 g/mol. The second-order valence-electron chi connectivity index (χ2n) is 5.05. The van der Waals surface area contributed by atoms with Gasteiger partial charge in [0, 0.05) is 13.1 Å². The standard InChI is InChI=1S/C12H26N2O/c1-4-11-6-7-14(8-11)9-12(3,10-15)13-5-2/h11,13,15H,4-10H2,1-3H3. The van der Waals surface area contributed by atoms with Gasteiger partial charge in [-0.2, -0.15) is 0 Å². The first-order chi connectivity index (χ1) is 7.13. The Morgan fingerprint density at radius 2 is 2.20 bits per heavy atom. The molecule has 1 aliphatic rings. The first kappa shape index (κ1) is 12.9. The van der Waals surface area contributed by atoms with Gasteiger partial charge < -0.3 is 15.3 Å². The molecule has 90 valence electrons. The molecule has 0 aromatic rings. The number of aliphatic hydroxyl groups excluding tert-OH is 1. The molecule has 0 aromatic heterocycles. The third-order valence-corrected chi connectivity index (χ3v) is 3.47. The Hall–Kier alpha value is -0.120. The number of nitrogens with one attached hydrogen (secondary N) is 1. The van der Waals surface area contributed by atoms with Crippen LogP contribution in [0.3, 0.4) is 0 Å². The Morgan fingerprint density at radius 3 is 2.67 bits per heavy atom. The van der Waals surface area contributed by atoms with Crippen LogP contribution in [0.5, 0.6) is 0 Å². The lowest BCUT2D eigenvalue weighted by molar-refractivity contribution is 0.131. The SMILES string of the molecule is CCNC(C)(CO)CN1CCC(CC)C1. The summed E-state index contributed by atoms with van der Waals surface area (Å²) in [6, 6.07) is 0. The molecule has 0 aliphatic carbocycles. The molecule has 1 saturated heterocycles. The minimum atomic E-state index is -0.128. The number of likely N-dealkylation sites (tertiary alicyclic amines) is 1. The highest BCUT2D eigenvalue weighted by atomic mass is 16.3. The molecule has 2 atom stereocenters. The molecule has 3 heteroatoms. The van der Waals surface area contributed by atoms with Gasteiger partial charge in [0.05, 0.1) is 12.1 Å². The zero-order valence-corrected chi connectivity index (χ0v) is 10.4. The molecule has 2 N–H and O–H groups in total. The van der Waals surface area contributed by atoms with E-state index in [4.69, 9.17) is 0 Å². The van der Waals surface area contributed by atoms with E-state index in [9.17, 15) is 5.11 Å². The van der Waals surface area contributed by atoms with Gasteiger partial charge in [0.1, 0.15) is 0 Å². The van der Waals surface area contributed by atoms with E-state index in [1.807, 2.05) is 0 Å². The van der Waals surface area contributed by atoms with E-state index >= 15 is 0 Å². The lowest BCUT2D eigenvalue weighted by atomic mass is 10.0. The van der Waals surface area contributed by atoms with Crippen LogP contribution < -0.4 is 5.32 Å². The van der Waals surface area contributed by atoms with Crippen molar-refractivity contribution in [3.05, 3.63) is 0 Å². The van der Waals surface area contributed by atoms with Crippen molar-refractivity contribution in [3.8, 4) is 0 Å². The van der Waals surface area contributed by atoms with Crippen molar-refractivity contribution in [1.29, 1.82) is 0 Å². The molecular formula is C12H26N2O. The highest BCUT2D eigenvalue weighted by molar-refractivity contribution is 4.88. The van der Waals surface area contributed by atoms with Gasteiger partial charge in [0.2, 0.25) is 0 Å². The summed E-state index contributed by atoms with van der Waals surface area (Å²) in [5.41, 5.74) is -0.128. The molecule has 3 nitrogen and oxygen atoms in total. The van der Waals surface area contributed by atoms with Crippen molar-refractivity contribution in [1.82, 2.24) is 10.2 Å². The van der Waals surface area contributed by atoms with Crippen LogP contribution in [0.2, 0.25) is 0 Å². The Balaban J connectivity index is 2.39. The third kappa shape index (κ3) is 3.74. The highest BCUT2D eigenvalue weighted by Gasteiger charge is 2.29. The van der Waals surface area contributed by atoms with Gasteiger partial charge >= 0.3 is 0 Å². The summed E-state index contributed by atoms with van der Waals surface area (Å²) in [6.45, 7) is 11.0. The van der Waals surface area contributed by atoms with Gasteiger partial charge in [-0.25, -0.2) is 0 Å². The van der Waals surface area contributed by atoms with Gasteiger partial charge in [-0.3, -0.25) is 0 Å². The van der Waals surface area contributed by atoms with E-state index in [1.165, 1.54) is 25.9 Å². The van der Waals surface area contributed by atoms with Gasteiger partial charge in [-0.05, 0) is 32.4 Å². The van der Waals surface area contributed by atoms with Gasteiger partial charge in [0.25, 0.3) is 0 Å². The highest BCUT2D eigenvalue weighted by Crippen LogP contribution is 2.20. The Labute approximate surface area is 93.9 Å². The quantitative estimate of drug-likeness (QED) is 0.694. The molecule has 0 saturated carbocycles. The van der Waals surface area contributed by atoms with E-state index in [1.54, 1.807) is 0 Å². The average molecular weight is 214 g/mol. The molecule has 0 radical (unpaired) electrons. The second kappa shape index (κ2) is 5.83. The van der Waals surface area contributed by atoms with Crippen LogP contribution in [-0.4, -0.2) is 48.3 Å². The number of nitrogens with zero attached hydrogens (tertiary/aromatic N) is 1. The van der Waals surface area contributed by atoms with Crippen LogP contribution in [-0.2, 0) is 0 Å². The number of hydrogen-bond donors (Lipinski definition) is 2.